The minimum Gasteiger partial charge on any atom is -0.503 e. The molecular weight excluding hydrogens is 354 g/mol. The van der Waals surface area contributed by atoms with Crippen LogP contribution in [0.25, 0.3) is 0 Å². The van der Waals surface area contributed by atoms with E-state index < -0.39 is 0 Å². The van der Waals surface area contributed by atoms with E-state index in [2.05, 4.69) is 20.9 Å². The van der Waals surface area contributed by atoms with Crippen molar-refractivity contribution in [1.29, 1.82) is 0 Å². The summed E-state index contributed by atoms with van der Waals surface area (Å²) in [4.78, 5) is 4.44. The third-order valence-corrected chi connectivity index (χ3v) is 3.96. The van der Waals surface area contributed by atoms with Crippen LogP contribution in [-0.4, -0.2) is 17.9 Å². The number of rotatable bonds is 4. The first-order valence-electron chi connectivity index (χ1n) is 6.47. The minimum absolute atomic E-state index is 0.0907. The van der Waals surface area contributed by atoms with E-state index in [9.17, 15) is 5.11 Å². The highest BCUT2D eigenvalue weighted by Crippen LogP contribution is 2.35. The van der Waals surface area contributed by atoms with Crippen molar-refractivity contribution in [2.75, 3.05) is 6.61 Å². The van der Waals surface area contributed by atoms with Crippen molar-refractivity contribution in [3.8, 4) is 11.5 Å². The molecule has 2 aromatic rings. The number of aromatic hydroxyl groups is 1. The average molecular weight is 369 g/mol. The molecule has 0 atom stereocenters. The highest BCUT2D eigenvalue weighted by molar-refractivity contribution is 9.10. The Hall–Kier alpha value is -1.52. The van der Waals surface area contributed by atoms with Gasteiger partial charge in [-0.1, -0.05) is 17.7 Å². The van der Waals surface area contributed by atoms with Crippen LogP contribution < -0.4 is 4.74 Å². The molecule has 0 aliphatic carbocycles. The van der Waals surface area contributed by atoms with Crippen LogP contribution in [0.3, 0.4) is 0 Å². The molecule has 0 fully saturated rings. The molecule has 0 spiro atoms. The smallest absolute Gasteiger partial charge is 0.172 e. The molecule has 0 heterocycles. The van der Waals surface area contributed by atoms with Gasteiger partial charge in [-0.05, 0) is 65.2 Å². The third kappa shape index (κ3) is 3.77. The molecule has 0 saturated heterocycles. The quantitative estimate of drug-likeness (QED) is 0.747. The van der Waals surface area contributed by atoms with Crippen LogP contribution >= 0.6 is 27.5 Å². The van der Waals surface area contributed by atoms with E-state index >= 15 is 0 Å². The number of ether oxygens (including phenoxy) is 1. The molecular formula is C16H15BrClNO2. The van der Waals surface area contributed by atoms with Crippen molar-refractivity contribution in [3.63, 3.8) is 0 Å². The van der Waals surface area contributed by atoms with Crippen molar-refractivity contribution in [3.05, 3.63) is 51.0 Å². The largest absolute Gasteiger partial charge is 0.503 e. The molecule has 3 nitrogen and oxygen atoms in total. The highest BCUT2D eigenvalue weighted by atomic mass is 79.9. The predicted molar refractivity (Wildman–Crippen MR) is 90.4 cm³/mol. The number of aliphatic imine (C=N–C) groups is 1. The van der Waals surface area contributed by atoms with E-state index in [1.807, 2.05) is 32.0 Å². The van der Waals surface area contributed by atoms with Crippen LogP contribution in [0.5, 0.6) is 11.5 Å². The zero-order valence-corrected chi connectivity index (χ0v) is 14.1. The normalized spacial score (nSPS) is 11.0. The van der Waals surface area contributed by atoms with E-state index in [1.54, 1.807) is 18.3 Å². The lowest BCUT2D eigenvalue weighted by Crippen LogP contribution is -1.94. The monoisotopic (exact) mass is 367 g/mol. The predicted octanol–water partition coefficient (Wildman–Crippen LogP) is 5.27. The van der Waals surface area contributed by atoms with Crippen molar-refractivity contribution < 1.29 is 9.84 Å². The summed E-state index contributed by atoms with van der Waals surface area (Å²) in [6, 6.07) is 9.12. The van der Waals surface area contributed by atoms with Gasteiger partial charge >= 0.3 is 0 Å². The standard InChI is InChI=1S/C16H15BrClNO2/c1-3-21-15-8-11(7-12(17)16(15)20)9-19-14-6-4-5-13(18)10(14)2/h4-9,20H,3H2,1-2H3. The summed E-state index contributed by atoms with van der Waals surface area (Å²) in [5, 5.41) is 10.6. The maximum atomic E-state index is 9.89. The lowest BCUT2D eigenvalue weighted by Gasteiger charge is -2.08. The van der Waals surface area contributed by atoms with Crippen LogP contribution in [0.1, 0.15) is 18.1 Å². The Labute approximate surface area is 137 Å². The number of benzene rings is 2. The van der Waals surface area contributed by atoms with E-state index in [0.717, 1.165) is 16.8 Å². The lowest BCUT2D eigenvalue weighted by molar-refractivity contribution is 0.317. The number of nitrogens with zero attached hydrogens (tertiary/aromatic N) is 1. The highest BCUT2D eigenvalue weighted by Gasteiger charge is 2.08. The molecule has 0 bridgehead atoms. The number of phenols is 1. The maximum Gasteiger partial charge on any atom is 0.172 e. The third-order valence-electron chi connectivity index (χ3n) is 2.94. The van der Waals surface area contributed by atoms with Gasteiger partial charge in [0, 0.05) is 11.2 Å². The fourth-order valence-electron chi connectivity index (χ4n) is 1.81. The van der Waals surface area contributed by atoms with E-state index in [0.29, 0.717) is 21.9 Å². The average Bonchev–Trinajstić information content (AvgIpc) is 2.46. The molecule has 0 amide bonds. The number of phenolic OH excluding ortho intramolecular Hbond substituents is 1. The van der Waals surface area contributed by atoms with Gasteiger partial charge in [0.25, 0.3) is 0 Å². The van der Waals surface area contributed by atoms with Gasteiger partial charge in [0.15, 0.2) is 11.5 Å². The molecule has 0 aromatic heterocycles. The van der Waals surface area contributed by atoms with Crippen molar-refractivity contribution in [2.24, 2.45) is 4.99 Å². The second-order valence-electron chi connectivity index (χ2n) is 4.42. The summed E-state index contributed by atoms with van der Waals surface area (Å²) in [7, 11) is 0. The first-order valence-corrected chi connectivity index (χ1v) is 7.64. The summed E-state index contributed by atoms with van der Waals surface area (Å²) >= 11 is 9.38. The molecule has 0 aliphatic rings. The Morgan fingerprint density at radius 2 is 2.14 bits per heavy atom. The zero-order chi connectivity index (χ0) is 15.4. The summed E-state index contributed by atoms with van der Waals surface area (Å²) in [6.45, 7) is 4.27. The first kappa shape index (κ1) is 15.9. The summed E-state index contributed by atoms with van der Waals surface area (Å²) in [6.07, 6.45) is 1.71. The molecule has 21 heavy (non-hydrogen) atoms. The molecule has 0 aliphatic heterocycles. The van der Waals surface area contributed by atoms with Gasteiger partial charge < -0.3 is 9.84 Å². The van der Waals surface area contributed by atoms with Crippen LogP contribution in [0.15, 0.2) is 39.8 Å². The SMILES string of the molecule is CCOc1cc(C=Nc2cccc(Cl)c2C)cc(Br)c1O. The minimum atomic E-state index is 0.0907. The van der Waals surface area contributed by atoms with Gasteiger partial charge in [0.2, 0.25) is 0 Å². The van der Waals surface area contributed by atoms with E-state index in [1.165, 1.54) is 0 Å². The summed E-state index contributed by atoms with van der Waals surface area (Å²) in [5.41, 5.74) is 2.56. The first-order chi connectivity index (χ1) is 10.0. The van der Waals surface area contributed by atoms with Crippen LogP contribution in [-0.2, 0) is 0 Å². The van der Waals surface area contributed by atoms with E-state index in [-0.39, 0.29) is 5.75 Å². The second-order valence-corrected chi connectivity index (χ2v) is 5.69. The summed E-state index contributed by atoms with van der Waals surface area (Å²) in [5.74, 6) is 0.518. The van der Waals surface area contributed by atoms with Gasteiger partial charge in [0.1, 0.15) is 0 Å². The molecule has 2 rings (SSSR count). The van der Waals surface area contributed by atoms with Gasteiger partial charge in [-0.2, -0.15) is 0 Å². The Morgan fingerprint density at radius 1 is 1.38 bits per heavy atom. The fraction of sp³-hybridized carbons (Fsp3) is 0.188. The second kappa shape index (κ2) is 6.96. The van der Waals surface area contributed by atoms with Crippen LogP contribution in [0.4, 0.5) is 5.69 Å². The van der Waals surface area contributed by atoms with Crippen molar-refractivity contribution >= 4 is 39.4 Å². The van der Waals surface area contributed by atoms with Gasteiger partial charge in [0.05, 0.1) is 16.8 Å². The molecule has 2 aromatic carbocycles. The topological polar surface area (TPSA) is 41.8 Å². The Kier molecular flexibility index (Phi) is 5.26. The Morgan fingerprint density at radius 3 is 2.86 bits per heavy atom. The van der Waals surface area contributed by atoms with Gasteiger partial charge in [-0.25, -0.2) is 0 Å². The number of halogens is 2. The summed E-state index contributed by atoms with van der Waals surface area (Å²) < 4.78 is 5.96. The fourth-order valence-corrected chi connectivity index (χ4v) is 2.44. The van der Waals surface area contributed by atoms with Crippen molar-refractivity contribution in [1.82, 2.24) is 0 Å². The number of hydrogen-bond acceptors (Lipinski definition) is 3. The Balaban J connectivity index is 2.35. The maximum absolute atomic E-state index is 9.89. The number of hydrogen-bond donors (Lipinski definition) is 1. The van der Waals surface area contributed by atoms with Crippen molar-refractivity contribution in [2.45, 2.75) is 13.8 Å². The molecule has 0 unspecified atom stereocenters. The van der Waals surface area contributed by atoms with E-state index in [4.69, 9.17) is 16.3 Å². The molecule has 0 radical (unpaired) electrons. The van der Waals surface area contributed by atoms with Crippen LogP contribution in [0.2, 0.25) is 5.02 Å². The molecule has 0 saturated carbocycles. The molecule has 110 valence electrons. The molecule has 5 heteroatoms. The molecule has 1 N–H and O–H groups in total. The lowest BCUT2D eigenvalue weighted by atomic mass is 10.2. The van der Waals surface area contributed by atoms with Gasteiger partial charge in [-0.3, -0.25) is 4.99 Å². The van der Waals surface area contributed by atoms with Crippen LogP contribution in [0, 0.1) is 6.92 Å². The zero-order valence-electron chi connectivity index (χ0n) is 11.7. The van der Waals surface area contributed by atoms with Gasteiger partial charge in [-0.15, -0.1) is 0 Å². The Bertz CT molecular complexity index is 686.